The third-order valence-electron chi connectivity index (χ3n) is 5.07. The lowest BCUT2D eigenvalue weighted by molar-refractivity contribution is -0.143. The minimum atomic E-state index is -4.14. The SMILES string of the molecule is CCNC(=NCC1CCN(CC(F)(F)F)C1)N1CCOC(c2cnn(C)c2)C1.I. The Kier molecular flexibility index (Phi) is 9.01. The molecule has 0 bridgehead atoms. The zero-order valence-corrected chi connectivity index (χ0v) is 19.2. The standard InChI is InChI=1S/C18H29F3N6O.HI/c1-3-22-17(23-8-14-4-5-26(10-14)13-18(19,20)21)27-6-7-28-16(12-27)15-9-24-25(2)11-15;/h9,11,14,16H,3-8,10,12-13H2,1-2H3,(H,22,23);1H. The number of hydrogen-bond donors (Lipinski definition) is 1. The average molecular weight is 530 g/mol. The molecule has 0 amide bonds. The van der Waals surface area contributed by atoms with Crippen molar-refractivity contribution in [1.29, 1.82) is 0 Å². The Morgan fingerprint density at radius 3 is 2.79 bits per heavy atom. The molecule has 2 atom stereocenters. The Morgan fingerprint density at radius 2 is 2.14 bits per heavy atom. The first-order valence-corrected chi connectivity index (χ1v) is 9.76. The lowest BCUT2D eigenvalue weighted by Gasteiger charge is -2.35. The monoisotopic (exact) mass is 530 g/mol. The number of nitrogens with one attached hydrogen (secondary N) is 1. The zero-order valence-electron chi connectivity index (χ0n) is 16.9. The second-order valence-electron chi connectivity index (χ2n) is 7.45. The maximum atomic E-state index is 12.6. The number of halogens is 4. The molecule has 3 heterocycles. The fourth-order valence-corrected chi connectivity index (χ4v) is 3.75. The van der Waals surface area contributed by atoms with E-state index in [1.54, 1.807) is 4.68 Å². The number of guanidine groups is 1. The molecule has 0 spiro atoms. The van der Waals surface area contributed by atoms with Crippen LogP contribution in [-0.4, -0.2) is 84.1 Å². The topological polar surface area (TPSA) is 57.9 Å². The Labute approximate surface area is 186 Å². The molecular formula is C18H30F3IN6O. The van der Waals surface area contributed by atoms with Crippen molar-refractivity contribution in [3.8, 4) is 0 Å². The molecule has 2 aliphatic rings. The number of aliphatic imine (C=N–C) groups is 1. The predicted molar refractivity (Wildman–Crippen MR) is 115 cm³/mol. The predicted octanol–water partition coefficient (Wildman–Crippen LogP) is 2.26. The number of ether oxygens (including phenoxy) is 1. The zero-order chi connectivity index (χ0) is 20.1. The van der Waals surface area contributed by atoms with Crippen molar-refractivity contribution in [2.75, 3.05) is 52.4 Å². The second-order valence-corrected chi connectivity index (χ2v) is 7.45. The molecule has 29 heavy (non-hydrogen) atoms. The third-order valence-corrected chi connectivity index (χ3v) is 5.07. The molecule has 0 saturated carbocycles. The summed E-state index contributed by atoms with van der Waals surface area (Å²) in [6, 6.07) is 0. The van der Waals surface area contributed by atoms with Crippen molar-refractivity contribution in [3.05, 3.63) is 18.0 Å². The van der Waals surface area contributed by atoms with Gasteiger partial charge in [-0.1, -0.05) is 0 Å². The third kappa shape index (κ3) is 7.28. The van der Waals surface area contributed by atoms with Crippen molar-refractivity contribution in [1.82, 2.24) is 24.9 Å². The van der Waals surface area contributed by atoms with Crippen LogP contribution in [0.3, 0.4) is 0 Å². The first-order valence-electron chi connectivity index (χ1n) is 9.76. The Hall–Kier alpha value is -1.08. The lowest BCUT2D eigenvalue weighted by Crippen LogP contribution is -2.48. The van der Waals surface area contributed by atoms with E-state index in [1.807, 2.05) is 26.4 Å². The van der Waals surface area contributed by atoms with E-state index in [4.69, 9.17) is 9.73 Å². The summed E-state index contributed by atoms with van der Waals surface area (Å²) in [4.78, 5) is 8.36. The van der Waals surface area contributed by atoms with Gasteiger partial charge in [-0.3, -0.25) is 14.6 Å². The number of nitrogens with zero attached hydrogens (tertiary/aromatic N) is 5. The van der Waals surface area contributed by atoms with E-state index in [1.165, 1.54) is 4.90 Å². The van der Waals surface area contributed by atoms with Crippen LogP contribution in [0.5, 0.6) is 0 Å². The van der Waals surface area contributed by atoms with Gasteiger partial charge in [0.1, 0.15) is 6.10 Å². The van der Waals surface area contributed by atoms with Crippen molar-refractivity contribution in [3.63, 3.8) is 0 Å². The maximum absolute atomic E-state index is 12.6. The van der Waals surface area contributed by atoms with Crippen molar-refractivity contribution < 1.29 is 17.9 Å². The average Bonchev–Trinajstić information content (AvgIpc) is 3.26. The van der Waals surface area contributed by atoms with E-state index in [2.05, 4.69) is 15.3 Å². The molecule has 166 valence electrons. The van der Waals surface area contributed by atoms with Gasteiger partial charge in [-0.05, 0) is 25.8 Å². The van der Waals surface area contributed by atoms with Crippen molar-refractivity contribution in [2.45, 2.75) is 25.6 Å². The van der Waals surface area contributed by atoms with E-state index in [0.29, 0.717) is 32.8 Å². The van der Waals surface area contributed by atoms with Crippen LogP contribution in [0.25, 0.3) is 0 Å². The van der Waals surface area contributed by atoms with Crippen LogP contribution < -0.4 is 5.32 Å². The highest BCUT2D eigenvalue weighted by Crippen LogP contribution is 2.24. The first kappa shape index (κ1) is 24.2. The molecule has 3 rings (SSSR count). The summed E-state index contributed by atoms with van der Waals surface area (Å²) in [5.74, 6) is 0.958. The van der Waals surface area contributed by atoms with Gasteiger partial charge in [-0.25, -0.2) is 0 Å². The Bertz CT molecular complexity index is 668. The highest BCUT2D eigenvalue weighted by molar-refractivity contribution is 14.0. The molecule has 2 unspecified atom stereocenters. The van der Waals surface area contributed by atoms with Gasteiger partial charge < -0.3 is 15.0 Å². The number of rotatable bonds is 5. The highest BCUT2D eigenvalue weighted by Gasteiger charge is 2.34. The van der Waals surface area contributed by atoms with Gasteiger partial charge in [0.05, 0.1) is 25.9 Å². The molecule has 0 radical (unpaired) electrons. The first-order chi connectivity index (χ1) is 13.3. The Balaban J connectivity index is 0.00000300. The van der Waals surface area contributed by atoms with Gasteiger partial charge in [0.15, 0.2) is 5.96 Å². The van der Waals surface area contributed by atoms with Gasteiger partial charge in [-0.2, -0.15) is 18.3 Å². The van der Waals surface area contributed by atoms with E-state index in [-0.39, 0.29) is 36.0 Å². The fourth-order valence-electron chi connectivity index (χ4n) is 3.75. The molecular weight excluding hydrogens is 500 g/mol. The van der Waals surface area contributed by atoms with Crippen LogP contribution in [0, 0.1) is 5.92 Å². The van der Waals surface area contributed by atoms with Gasteiger partial charge in [-0.15, -0.1) is 24.0 Å². The normalized spacial score (nSPS) is 23.9. The number of aromatic nitrogens is 2. The summed E-state index contributed by atoms with van der Waals surface area (Å²) in [6.07, 6.45) is 0.306. The maximum Gasteiger partial charge on any atom is 0.401 e. The summed E-state index contributed by atoms with van der Waals surface area (Å²) in [6.45, 7) is 5.37. The van der Waals surface area contributed by atoms with Crippen LogP contribution in [-0.2, 0) is 11.8 Å². The number of hydrogen-bond acceptors (Lipinski definition) is 4. The molecule has 1 N–H and O–H groups in total. The smallest absolute Gasteiger partial charge is 0.370 e. The van der Waals surface area contributed by atoms with Crippen molar-refractivity contribution in [2.24, 2.45) is 18.0 Å². The van der Waals surface area contributed by atoms with Crippen LogP contribution in [0.4, 0.5) is 13.2 Å². The largest absolute Gasteiger partial charge is 0.401 e. The molecule has 2 fully saturated rings. The quantitative estimate of drug-likeness (QED) is 0.360. The number of morpholine rings is 1. The number of alkyl halides is 3. The highest BCUT2D eigenvalue weighted by atomic mass is 127. The van der Waals surface area contributed by atoms with Gasteiger partial charge in [0.25, 0.3) is 0 Å². The summed E-state index contributed by atoms with van der Waals surface area (Å²) in [5.41, 5.74) is 1.03. The van der Waals surface area contributed by atoms with Gasteiger partial charge in [0, 0.05) is 45.0 Å². The molecule has 1 aromatic heterocycles. The molecule has 2 aliphatic heterocycles. The number of likely N-dealkylation sites (tertiary alicyclic amines) is 1. The Morgan fingerprint density at radius 1 is 1.34 bits per heavy atom. The second kappa shape index (κ2) is 10.8. The van der Waals surface area contributed by atoms with Crippen LogP contribution >= 0.6 is 24.0 Å². The van der Waals surface area contributed by atoms with E-state index in [9.17, 15) is 13.2 Å². The minimum Gasteiger partial charge on any atom is -0.370 e. The van der Waals surface area contributed by atoms with Gasteiger partial charge in [0.2, 0.25) is 0 Å². The summed E-state index contributed by atoms with van der Waals surface area (Å²) >= 11 is 0. The van der Waals surface area contributed by atoms with E-state index in [0.717, 1.165) is 31.0 Å². The van der Waals surface area contributed by atoms with Crippen LogP contribution in [0.1, 0.15) is 25.0 Å². The lowest BCUT2D eigenvalue weighted by atomic mass is 10.1. The van der Waals surface area contributed by atoms with Gasteiger partial charge >= 0.3 is 6.18 Å². The molecule has 11 heteroatoms. The molecule has 1 aromatic rings. The summed E-state index contributed by atoms with van der Waals surface area (Å²) in [5, 5.41) is 7.52. The fraction of sp³-hybridized carbons (Fsp3) is 0.778. The molecule has 7 nitrogen and oxygen atoms in total. The van der Waals surface area contributed by atoms with E-state index < -0.39 is 12.7 Å². The number of aryl methyl sites for hydroxylation is 1. The minimum absolute atomic E-state index is 0. The molecule has 2 saturated heterocycles. The molecule has 0 aromatic carbocycles. The van der Waals surface area contributed by atoms with Crippen molar-refractivity contribution >= 4 is 29.9 Å². The van der Waals surface area contributed by atoms with E-state index >= 15 is 0 Å². The summed E-state index contributed by atoms with van der Waals surface area (Å²) < 4.78 is 45.3. The summed E-state index contributed by atoms with van der Waals surface area (Å²) in [7, 11) is 1.87. The molecule has 0 aliphatic carbocycles. The van der Waals surface area contributed by atoms with Crippen LogP contribution in [0.15, 0.2) is 17.4 Å². The van der Waals surface area contributed by atoms with Crippen LogP contribution in [0.2, 0.25) is 0 Å².